The molecule has 2 heterocycles. The summed E-state index contributed by atoms with van der Waals surface area (Å²) >= 11 is 0. The number of amides is 4. The Kier molecular flexibility index (Phi) is 3.22. The lowest BCUT2D eigenvalue weighted by Gasteiger charge is -2.43. The number of carbonyl (C=O) groups excluding carboxylic acids is 2. The molecule has 2 aliphatic heterocycles. The Bertz CT molecular complexity index is 546. The first-order valence-corrected chi connectivity index (χ1v) is 6.88. The van der Waals surface area contributed by atoms with Crippen molar-refractivity contribution in [2.24, 2.45) is 5.73 Å². The van der Waals surface area contributed by atoms with E-state index in [9.17, 15) is 9.59 Å². The molecule has 0 radical (unpaired) electrons. The van der Waals surface area contributed by atoms with Crippen LogP contribution < -0.4 is 11.1 Å². The van der Waals surface area contributed by atoms with Crippen LogP contribution in [0.2, 0.25) is 0 Å². The van der Waals surface area contributed by atoms with Gasteiger partial charge >= 0.3 is 12.1 Å². The average Bonchev–Trinajstić information content (AvgIpc) is 2.46. The van der Waals surface area contributed by atoms with Gasteiger partial charge in [0.1, 0.15) is 6.17 Å². The standard InChI is InChI=1S/C14H18N4O2/c15-13(19)17-8-4-3-7-12(17)18-9-10-5-1-2-6-11(10)16-14(18)20/h1-2,5-6,12H,3-4,7-9H2,(H2,15,19)(H,16,20). The van der Waals surface area contributed by atoms with Gasteiger partial charge in [-0.05, 0) is 30.9 Å². The number of urea groups is 2. The van der Waals surface area contributed by atoms with Gasteiger partial charge in [0.25, 0.3) is 0 Å². The van der Waals surface area contributed by atoms with Crippen LogP contribution in [-0.2, 0) is 6.54 Å². The van der Waals surface area contributed by atoms with Gasteiger partial charge in [-0.1, -0.05) is 18.2 Å². The van der Waals surface area contributed by atoms with Gasteiger partial charge in [0.2, 0.25) is 0 Å². The Morgan fingerprint density at radius 1 is 1.30 bits per heavy atom. The minimum absolute atomic E-state index is 0.165. The molecule has 6 heteroatoms. The number of para-hydroxylation sites is 1. The number of hydrogen-bond acceptors (Lipinski definition) is 2. The summed E-state index contributed by atoms with van der Waals surface area (Å²) in [6, 6.07) is 7.09. The zero-order valence-electron chi connectivity index (χ0n) is 11.2. The van der Waals surface area contributed by atoms with E-state index in [2.05, 4.69) is 5.32 Å². The van der Waals surface area contributed by atoms with Crippen molar-refractivity contribution < 1.29 is 9.59 Å². The fraction of sp³-hybridized carbons (Fsp3) is 0.429. The van der Waals surface area contributed by atoms with E-state index in [0.717, 1.165) is 30.5 Å². The summed E-state index contributed by atoms with van der Waals surface area (Å²) in [6.07, 6.45) is 2.47. The first-order valence-electron chi connectivity index (χ1n) is 6.88. The van der Waals surface area contributed by atoms with Crippen LogP contribution in [0.15, 0.2) is 24.3 Å². The molecular weight excluding hydrogens is 256 g/mol. The van der Waals surface area contributed by atoms with Crippen molar-refractivity contribution in [3.63, 3.8) is 0 Å². The number of fused-ring (bicyclic) bond motifs is 1. The molecule has 1 aromatic rings. The largest absolute Gasteiger partial charge is 0.351 e. The molecule has 1 aromatic carbocycles. The van der Waals surface area contributed by atoms with Crippen molar-refractivity contribution >= 4 is 17.7 Å². The summed E-state index contributed by atoms with van der Waals surface area (Å²) in [5.74, 6) is 0. The molecule has 1 saturated heterocycles. The number of benzene rings is 1. The normalized spacial score (nSPS) is 22.2. The number of primary amides is 1. The maximum absolute atomic E-state index is 12.3. The Morgan fingerprint density at radius 3 is 2.90 bits per heavy atom. The summed E-state index contributed by atoms with van der Waals surface area (Å²) in [6.45, 7) is 1.13. The molecule has 0 bridgehead atoms. The van der Waals surface area contributed by atoms with Gasteiger partial charge in [0.05, 0.1) is 6.54 Å². The number of anilines is 1. The molecule has 0 saturated carbocycles. The molecule has 0 spiro atoms. The monoisotopic (exact) mass is 274 g/mol. The third kappa shape index (κ3) is 2.17. The summed E-state index contributed by atoms with van der Waals surface area (Å²) < 4.78 is 0. The number of carbonyl (C=O) groups is 2. The van der Waals surface area contributed by atoms with Crippen LogP contribution in [0, 0.1) is 0 Å². The topological polar surface area (TPSA) is 78.7 Å². The van der Waals surface area contributed by atoms with Crippen LogP contribution in [0.1, 0.15) is 24.8 Å². The lowest BCUT2D eigenvalue weighted by Crippen LogP contribution is -2.58. The number of piperidine rings is 1. The van der Waals surface area contributed by atoms with Gasteiger partial charge in [0.15, 0.2) is 0 Å². The molecule has 1 fully saturated rings. The van der Waals surface area contributed by atoms with Gasteiger partial charge in [-0.3, -0.25) is 4.90 Å². The van der Waals surface area contributed by atoms with E-state index in [-0.39, 0.29) is 12.2 Å². The summed E-state index contributed by atoms with van der Waals surface area (Å²) in [5.41, 5.74) is 7.33. The van der Waals surface area contributed by atoms with E-state index in [1.54, 1.807) is 9.80 Å². The molecule has 0 aliphatic carbocycles. The molecular formula is C14H18N4O2. The van der Waals surface area contributed by atoms with Crippen LogP contribution in [-0.4, -0.2) is 34.6 Å². The first kappa shape index (κ1) is 12.8. The lowest BCUT2D eigenvalue weighted by atomic mass is 10.0. The summed E-state index contributed by atoms with van der Waals surface area (Å²) in [5, 5.41) is 2.87. The summed E-state index contributed by atoms with van der Waals surface area (Å²) in [4.78, 5) is 27.1. The predicted octanol–water partition coefficient (Wildman–Crippen LogP) is 1.92. The van der Waals surface area contributed by atoms with E-state index >= 15 is 0 Å². The second-order valence-electron chi connectivity index (χ2n) is 5.22. The predicted molar refractivity (Wildman–Crippen MR) is 74.9 cm³/mol. The number of nitrogens with one attached hydrogen (secondary N) is 1. The van der Waals surface area contributed by atoms with Gasteiger partial charge < -0.3 is 16.0 Å². The molecule has 3 N–H and O–H groups in total. The van der Waals surface area contributed by atoms with Gasteiger partial charge in [-0.2, -0.15) is 0 Å². The second kappa shape index (κ2) is 5.03. The Hall–Kier alpha value is -2.24. The lowest BCUT2D eigenvalue weighted by molar-refractivity contribution is 0.0623. The smallest absolute Gasteiger partial charge is 0.323 e. The number of hydrogen-bond donors (Lipinski definition) is 2. The van der Waals surface area contributed by atoms with Crippen molar-refractivity contribution in [2.45, 2.75) is 32.0 Å². The minimum Gasteiger partial charge on any atom is -0.351 e. The molecule has 1 unspecified atom stereocenters. The van der Waals surface area contributed by atoms with E-state index in [1.165, 1.54) is 0 Å². The molecule has 3 rings (SSSR count). The van der Waals surface area contributed by atoms with Crippen molar-refractivity contribution in [1.82, 2.24) is 9.80 Å². The van der Waals surface area contributed by atoms with Crippen molar-refractivity contribution in [3.8, 4) is 0 Å². The second-order valence-corrected chi connectivity index (χ2v) is 5.22. The van der Waals surface area contributed by atoms with Gasteiger partial charge in [-0.15, -0.1) is 0 Å². The van der Waals surface area contributed by atoms with Gasteiger partial charge in [-0.25, -0.2) is 9.59 Å². The number of nitrogens with zero attached hydrogens (tertiary/aromatic N) is 2. The van der Waals surface area contributed by atoms with E-state index in [4.69, 9.17) is 5.73 Å². The van der Waals surface area contributed by atoms with Crippen LogP contribution in [0.5, 0.6) is 0 Å². The average molecular weight is 274 g/mol. The highest BCUT2D eigenvalue weighted by molar-refractivity contribution is 5.92. The van der Waals surface area contributed by atoms with Crippen LogP contribution >= 0.6 is 0 Å². The fourth-order valence-electron chi connectivity index (χ4n) is 2.96. The van der Waals surface area contributed by atoms with Crippen molar-refractivity contribution in [3.05, 3.63) is 29.8 Å². The Morgan fingerprint density at radius 2 is 2.10 bits per heavy atom. The zero-order valence-corrected chi connectivity index (χ0v) is 11.2. The van der Waals surface area contributed by atoms with E-state index < -0.39 is 6.03 Å². The Labute approximate surface area is 117 Å². The van der Waals surface area contributed by atoms with E-state index in [0.29, 0.717) is 13.1 Å². The molecule has 20 heavy (non-hydrogen) atoms. The van der Waals surface area contributed by atoms with E-state index in [1.807, 2.05) is 24.3 Å². The fourth-order valence-corrected chi connectivity index (χ4v) is 2.96. The highest BCUT2D eigenvalue weighted by atomic mass is 16.2. The number of rotatable bonds is 1. The molecule has 1 atom stereocenters. The summed E-state index contributed by atoms with van der Waals surface area (Å²) in [7, 11) is 0. The Balaban J connectivity index is 1.86. The maximum Gasteiger partial charge on any atom is 0.323 e. The SMILES string of the molecule is NC(=O)N1CCCCC1N1Cc2ccccc2NC1=O. The number of likely N-dealkylation sites (tertiary alicyclic amines) is 1. The van der Waals surface area contributed by atoms with Crippen LogP contribution in [0.3, 0.4) is 0 Å². The van der Waals surface area contributed by atoms with Crippen LogP contribution in [0.25, 0.3) is 0 Å². The highest BCUT2D eigenvalue weighted by Gasteiger charge is 2.35. The van der Waals surface area contributed by atoms with Crippen molar-refractivity contribution in [2.75, 3.05) is 11.9 Å². The third-order valence-corrected chi connectivity index (χ3v) is 3.97. The molecule has 6 nitrogen and oxygen atoms in total. The first-order chi connectivity index (χ1) is 9.66. The molecule has 0 aromatic heterocycles. The molecule has 2 aliphatic rings. The molecule has 106 valence electrons. The third-order valence-electron chi connectivity index (χ3n) is 3.97. The quantitative estimate of drug-likeness (QED) is 0.820. The molecule has 4 amide bonds. The number of nitrogens with two attached hydrogens (primary N) is 1. The van der Waals surface area contributed by atoms with Gasteiger partial charge in [0, 0.05) is 12.2 Å². The van der Waals surface area contributed by atoms with Crippen LogP contribution in [0.4, 0.5) is 15.3 Å². The zero-order chi connectivity index (χ0) is 14.1. The van der Waals surface area contributed by atoms with Crippen molar-refractivity contribution in [1.29, 1.82) is 0 Å². The minimum atomic E-state index is -0.457. The highest BCUT2D eigenvalue weighted by Crippen LogP contribution is 2.28. The maximum atomic E-state index is 12.3.